The summed E-state index contributed by atoms with van der Waals surface area (Å²) in [4.78, 5) is 14.6. The summed E-state index contributed by atoms with van der Waals surface area (Å²) in [7, 11) is -0.378. The zero-order chi connectivity index (χ0) is 21.1. The van der Waals surface area contributed by atoms with Crippen molar-refractivity contribution in [2.75, 3.05) is 24.7 Å². The maximum Gasteiger partial charge on any atom is 0.246 e. The van der Waals surface area contributed by atoms with Crippen LogP contribution in [0.15, 0.2) is 42.5 Å². The highest BCUT2D eigenvalue weighted by atomic mass is 32.2. The number of ether oxygens (including phenoxy) is 1. The van der Waals surface area contributed by atoms with E-state index in [1.807, 2.05) is 50.2 Å². The minimum absolute atomic E-state index is 0.276. The van der Waals surface area contributed by atoms with Gasteiger partial charge in [0.15, 0.2) is 0 Å². The highest BCUT2D eigenvalue weighted by molar-refractivity contribution is 7.92. The molecule has 0 heterocycles. The van der Waals surface area contributed by atoms with Gasteiger partial charge < -0.3 is 9.64 Å². The van der Waals surface area contributed by atoms with E-state index in [0.29, 0.717) is 12.2 Å². The van der Waals surface area contributed by atoms with Gasteiger partial charge in [-0.05, 0) is 55.7 Å². The third kappa shape index (κ3) is 5.04. The van der Waals surface area contributed by atoms with Crippen LogP contribution in [0.1, 0.15) is 23.6 Å². The van der Waals surface area contributed by atoms with Gasteiger partial charge in [-0.3, -0.25) is 9.10 Å². The third-order valence-electron chi connectivity index (χ3n) is 4.62. The number of hydrogen-bond acceptors (Lipinski definition) is 4. The number of methoxy groups -OCH3 is 1. The summed E-state index contributed by atoms with van der Waals surface area (Å²) in [6, 6.07) is 12.1. The first kappa shape index (κ1) is 21.8. The Labute approximate surface area is 167 Å². The van der Waals surface area contributed by atoms with E-state index in [2.05, 4.69) is 0 Å². The van der Waals surface area contributed by atoms with E-state index in [4.69, 9.17) is 4.74 Å². The largest absolute Gasteiger partial charge is 0.497 e. The Morgan fingerprint density at radius 2 is 1.71 bits per heavy atom. The smallest absolute Gasteiger partial charge is 0.246 e. The fourth-order valence-corrected chi connectivity index (χ4v) is 4.35. The van der Waals surface area contributed by atoms with Crippen LogP contribution in [0.3, 0.4) is 0 Å². The Bertz CT molecular complexity index is 939. The van der Waals surface area contributed by atoms with Crippen molar-refractivity contribution in [2.24, 2.45) is 0 Å². The number of likely N-dealkylation sites (N-methyl/N-ethyl adjacent to an activating group) is 1. The van der Waals surface area contributed by atoms with Crippen LogP contribution >= 0.6 is 0 Å². The molecule has 0 N–H and O–H groups in total. The van der Waals surface area contributed by atoms with Crippen molar-refractivity contribution < 1.29 is 17.9 Å². The standard InChI is InChI=1S/C21H28N2O4S/c1-15-7-8-16(2)20(13-15)23(28(6,25)26)17(3)21(24)22(4)14-18-9-11-19(27-5)12-10-18/h7-13,17H,14H2,1-6H3/t17-/m1/s1. The van der Waals surface area contributed by atoms with Gasteiger partial charge in [-0.25, -0.2) is 8.42 Å². The fourth-order valence-electron chi connectivity index (χ4n) is 3.13. The maximum atomic E-state index is 13.0. The van der Waals surface area contributed by atoms with Crippen LogP contribution < -0.4 is 9.04 Å². The Morgan fingerprint density at radius 3 is 2.25 bits per heavy atom. The number of hydrogen-bond donors (Lipinski definition) is 0. The van der Waals surface area contributed by atoms with E-state index in [0.717, 1.165) is 28.7 Å². The SMILES string of the molecule is COc1ccc(CN(C)C(=O)[C@@H](C)N(c2cc(C)ccc2C)S(C)(=O)=O)cc1. The van der Waals surface area contributed by atoms with Gasteiger partial charge in [-0.1, -0.05) is 24.3 Å². The summed E-state index contributed by atoms with van der Waals surface area (Å²) < 4.78 is 31.4. The molecule has 0 spiro atoms. The number of rotatable bonds is 7. The molecule has 7 heteroatoms. The number of amides is 1. The van der Waals surface area contributed by atoms with Crippen LogP contribution in [0.25, 0.3) is 0 Å². The highest BCUT2D eigenvalue weighted by Crippen LogP contribution is 2.27. The molecule has 0 aliphatic rings. The van der Waals surface area contributed by atoms with Crippen LogP contribution in [-0.4, -0.2) is 45.7 Å². The number of nitrogens with zero attached hydrogens (tertiary/aromatic N) is 2. The minimum atomic E-state index is -3.65. The fraction of sp³-hybridized carbons (Fsp3) is 0.381. The molecule has 0 saturated carbocycles. The van der Waals surface area contributed by atoms with E-state index in [1.165, 1.54) is 9.21 Å². The Hall–Kier alpha value is -2.54. The van der Waals surface area contributed by atoms with Crippen molar-refractivity contribution >= 4 is 21.6 Å². The molecule has 2 rings (SSSR count). The summed E-state index contributed by atoms with van der Waals surface area (Å²) in [5, 5.41) is 0. The molecule has 6 nitrogen and oxygen atoms in total. The van der Waals surface area contributed by atoms with Gasteiger partial charge in [-0.2, -0.15) is 0 Å². The monoisotopic (exact) mass is 404 g/mol. The predicted molar refractivity (Wildman–Crippen MR) is 112 cm³/mol. The van der Waals surface area contributed by atoms with Crippen molar-refractivity contribution in [1.82, 2.24) is 4.90 Å². The number of carbonyl (C=O) groups is 1. The Balaban J connectivity index is 2.28. The molecule has 1 atom stereocenters. The summed E-state index contributed by atoms with van der Waals surface area (Å²) in [6.07, 6.45) is 1.13. The molecule has 152 valence electrons. The second-order valence-corrected chi connectivity index (χ2v) is 8.93. The van der Waals surface area contributed by atoms with Gasteiger partial charge in [0, 0.05) is 13.6 Å². The van der Waals surface area contributed by atoms with Crippen LogP contribution in [0.5, 0.6) is 5.75 Å². The highest BCUT2D eigenvalue weighted by Gasteiger charge is 2.31. The molecule has 0 unspecified atom stereocenters. The number of sulfonamides is 1. The van der Waals surface area contributed by atoms with E-state index >= 15 is 0 Å². The summed E-state index contributed by atoms with van der Waals surface area (Å²) in [6.45, 7) is 5.73. The lowest BCUT2D eigenvalue weighted by Gasteiger charge is -2.32. The molecule has 0 aromatic heterocycles. The lowest BCUT2D eigenvalue weighted by molar-refractivity contribution is -0.131. The number of carbonyl (C=O) groups excluding carboxylic acids is 1. The van der Waals surface area contributed by atoms with E-state index in [-0.39, 0.29) is 5.91 Å². The summed E-state index contributed by atoms with van der Waals surface area (Å²) in [5.74, 6) is 0.464. The molecular weight excluding hydrogens is 376 g/mol. The molecule has 2 aromatic carbocycles. The molecule has 28 heavy (non-hydrogen) atoms. The maximum absolute atomic E-state index is 13.0. The average Bonchev–Trinajstić information content (AvgIpc) is 2.63. The Morgan fingerprint density at radius 1 is 1.11 bits per heavy atom. The first-order valence-electron chi connectivity index (χ1n) is 8.99. The van der Waals surface area contributed by atoms with Gasteiger partial charge in [0.1, 0.15) is 11.8 Å². The third-order valence-corrected chi connectivity index (χ3v) is 5.85. The van der Waals surface area contributed by atoms with Crippen LogP contribution in [0.2, 0.25) is 0 Å². The lowest BCUT2D eigenvalue weighted by atomic mass is 10.1. The van der Waals surface area contributed by atoms with Gasteiger partial charge >= 0.3 is 0 Å². The van der Waals surface area contributed by atoms with Crippen LogP contribution in [-0.2, 0) is 21.4 Å². The van der Waals surface area contributed by atoms with E-state index in [9.17, 15) is 13.2 Å². The van der Waals surface area contributed by atoms with E-state index in [1.54, 1.807) is 27.1 Å². The molecule has 0 bridgehead atoms. The average molecular weight is 405 g/mol. The normalized spacial score (nSPS) is 12.4. The quantitative estimate of drug-likeness (QED) is 0.711. The molecule has 0 fully saturated rings. The predicted octanol–water partition coefficient (Wildman–Crippen LogP) is 3.13. The van der Waals surface area contributed by atoms with Crippen molar-refractivity contribution in [3.8, 4) is 5.75 Å². The zero-order valence-electron chi connectivity index (χ0n) is 17.3. The van der Waals surface area contributed by atoms with Crippen molar-refractivity contribution in [3.05, 3.63) is 59.2 Å². The Kier molecular flexibility index (Phi) is 6.72. The van der Waals surface area contributed by atoms with Gasteiger partial charge in [0.25, 0.3) is 0 Å². The van der Waals surface area contributed by atoms with E-state index < -0.39 is 16.1 Å². The molecular formula is C21H28N2O4S. The number of anilines is 1. The number of benzene rings is 2. The first-order valence-corrected chi connectivity index (χ1v) is 10.8. The summed E-state index contributed by atoms with van der Waals surface area (Å²) in [5.41, 5.74) is 3.19. The van der Waals surface area contributed by atoms with Crippen molar-refractivity contribution in [1.29, 1.82) is 0 Å². The molecule has 2 aromatic rings. The van der Waals surface area contributed by atoms with Gasteiger partial charge in [0.05, 0.1) is 19.1 Å². The van der Waals surface area contributed by atoms with Gasteiger partial charge in [-0.15, -0.1) is 0 Å². The topological polar surface area (TPSA) is 66.9 Å². The zero-order valence-corrected chi connectivity index (χ0v) is 18.1. The molecule has 1 amide bonds. The molecule has 0 radical (unpaired) electrons. The first-order chi connectivity index (χ1) is 13.0. The minimum Gasteiger partial charge on any atom is -0.497 e. The lowest BCUT2D eigenvalue weighted by Crippen LogP contribution is -2.48. The second-order valence-electron chi connectivity index (χ2n) is 7.07. The van der Waals surface area contributed by atoms with Crippen molar-refractivity contribution in [3.63, 3.8) is 0 Å². The second kappa shape index (κ2) is 8.65. The number of aryl methyl sites for hydroxylation is 2. The van der Waals surface area contributed by atoms with Crippen LogP contribution in [0, 0.1) is 13.8 Å². The molecule has 0 aliphatic carbocycles. The van der Waals surface area contributed by atoms with Crippen molar-refractivity contribution in [2.45, 2.75) is 33.4 Å². The molecule has 0 aliphatic heterocycles. The van der Waals surface area contributed by atoms with Gasteiger partial charge in [0.2, 0.25) is 15.9 Å². The van der Waals surface area contributed by atoms with Crippen LogP contribution in [0.4, 0.5) is 5.69 Å². The molecule has 0 saturated heterocycles. The summed E-state index contributed by atoms with van der Waals surface area (Å²) >= 11 is 0.